The molecule has 1 aromatic rings. The van der Waals surface area contributed by atoms with Crippen LogP contribution < -0.4 is 5.73 Å². The zero-order valence-electron chi connectivity index (χ0n) is 10.8. The van der Waals surface area contributed by atoms with E-state index in [0.717, 1.165) is 34.6 Å². The molecule has 0 fully saturated rings. The summed E-state index contributed by atoms with van der Waals surface area (Å²) in [6.45, 7) is 2.29. The summed E-state index contributed by atoms with van der Waals surface area (Å²) in [5.74, 6) is 0. The Kier molecular flexibility index (Phi) is 7.19. The molecular weight excluding hydrogens is 316 g/mol. The van der Waals surface area contributed by atoms with Crippen molar-refractivity contribution in [2.45, 2.75) is 12.5 Å². The Hall–Kier alpha value is -0.130. The highest BCUT2D eigenvalue weighted by Crippen LogP contribution is 2.27. The molecule has 0 spiro atoms. The van der Waals surface area contributed by atoms with E-state index in [1.54, 1.807) is 7.11 Å². The van der Waals surface area contributed by atoms with Crippen molar-refractivity contribution in [3.8, 4) is 0 Å². The molecule has 0 radical (unpaired) electrons. The highest BCUT2D eigenvalue weighted by molar-refractivity contribution is 9.10. The number of nitrogens with zero attached hydrogens (tertiary/aromatic N) is 1. The second-order valence-electron chi connectivity index (χ2n) is 4.25. The van der Waals surface area contributed by atoms with E-state index >= 15 is 0 Å². The summed E-state index contributed by atoms with van der Waals surface area (Å²) in [4.78, 5) is 2.23. The van der Waals surface area contributed by atoms with Crippen molar-refractivity contribution in [1.82, 2.24) is 4.90 Å². The predicted octanol–water partition coefficient (Wildman–Crippen LogP) is 3.07. The van der Waals surface area contributed by atoms with Gasteiger partial charge in [0.2, 0.25) is 0 Å². The van der Waals surface area contributed by atoms with Crippen molar-refractivity contribution in [1.29, 1.82) is 0 Å². The Morgan fingerprint density at radius 3 is 2.78 bits per heavy atom. The van der Waals surface area contributed by atoms with Gasteiger partial charge in [-0.05, 0) is 47.1 Å². The van der Waals surface area contributed by atoms with Crippen molar-refractivity contribution in [3.05, 3.63) is 33.3 Å². The van der Waals surface area contributed by atoms with Crippen LogP contribution in [-0.4, -0.2) is 38.8 Å². The average molecular weight is 336 g/mol. The summed E-state index contributed by atoms with van der Waals surface area (Å²) in [5.41, 5.74) is 7.01. The van der Waals surface area contributed by atoms with Crippen LogP contribution in [0.3, 0.4) is 0 Å². The summed E-state index contributed by atoms with van der Waals surface area (Å²) >= 11 is 9.52. The smallest absolute Gasteiger partial charge is 0.0551 e. The lowest BCUT2D eigenvalue weighted by Crippen LogP contribution is -2.31. The monoisotopic (exact) mass is 334 g/mol. The molecule has 0 saturated carbocycles. The van der Waals surface area contributed by atoms with Gasteiger partial charge in [0.15, 0.2) is 0 Å². The lowest BCUT2D eigenvalue weighted by molar-refractivity contribution is 0.166. The van der Waals surface area contributed by atoms with Crippen LogP contribution in [0.5, 0.6) is 0 Å². The largest absolute Gasteiger partial charge is 0.385 e. The maximum atomic E-state index is 6.12. The summed E-state index contributed by atoms with van der Waals surface area (Å²) in [6, 6.07) is 6.17. The Labute approximate surface area is 122 Å². The highest BCUT2D eigenvalue weighted by atomic mass is 79.9. The normalized spacial score (nSPS) is 13.0. The zero-order valence-corrected chi connectivity index (χ0v) is 13.2. The SMILES string of the molecule is COCCCN(C)C(CN)c1ccc(Br)c(Cl)c1. The van der Waals surface area contributed by atoms with E-state index in [0.29, 0.717) is 6.54 Å². The molecule has 0 aliphatic rings. The van der Waals surface area contributed by atoms with Gasteiger partial charge in [0.05, 0.1) is 5.02 Å². The molecule has 18 heavy (non-hydrogen) atoms. The van der Waals surface area contributed by atoms with Gasteiger partial charge in [-0.1, -0.05) is 17.7 Å². The Morgan fingerprint density at radius 2 is 2.22 bits per heavy atom. The molecule has 0 aromatic heterocycles. The number of benzene rings is 1. The minimum Gasteiger partial charge on any atom is -0.385 e. The molecule has 0 bridgehead atoms. The van der Waals surface area contributed by atoms with Gasteiger partial charge in [0.25, 0.3) is 0 Å². The number of halogens is 2. The minimum absolute atomic E-state index is 0.187. The third kappa shape index (κ3) is 4.52. The zero-order chi connectivity index (χ0) is 13.5. The molecule has 0 saturated heterocycles. The fraction of sp³-hybridized carbons (Fsp3) is 0.538. The lowest BCUT2D eigenvalue weighted by atomic mass is 10.1. The number of likely N-dealkylation sites (N-methyl/N-ethyl adjacent to an activating group) is 1. The van der Waals surface area contributed by atoms with Crippen LogP contribution in [-0.2, 0) is 4.74 Å². The molecule has 1 aromatic carbocycles. The third-order valence-electron chi connectivity index (χ3n) is 2.94. The second kappa shape index (κ2) is 8.12. The summed E-state index contributed by atoms with van der Waals surface area (Å²) in [7, 11) is 3.79. The van der Waals surface area contributed by atoms with E-state index in [1.165, 1.54) is 0 Å². The van der Waals surface area contributed by atoms with Gasteiger partial charge in [0, 0.05) is 37.3 Å². The Bertz CT molecular complexity index is 376. The van der Waals surface area contributed by atoms with E-state index < -0.39 is 0 Å². The van der Waals surface area contributed by atoms with Gasteiger partial charge < -0.3 is 10.5 Å². The number of nitrogens with two attached hydrogens (primary N) is 1. The molecule has 102 valence electrons. The Morgan fingerprint density at radius 1 is 1.50 bits per heavy atom. The van der Waals surface area contributed by atoms with Crippen molar-refractivity contribution in [2.24, 2.45) is 5.73 Å². The van der Waals surface area contributed by atoms with Crippen molar-refractivity contribution in [2.75, 3.05) is 33.9 Å². The first-order valence-electron chi connectivity index (χ1n) is 5.94. The Balaban J connectivity index is 2.72. The van der Waals surface area contributed by atoms with Gasteiger partial charge in [-0.3, -0.25) is 4.90 Å². The molecule has 1 unspecified atom stereocenters. The summed E-state index contributed by atoms with van der Waals surface area (Å²) in [5, 5.41) is 0.719. The number of hydrogen-bond donors (Lipinski definition) is 1. The number of hydrogen-bond acceptors (Lipinski definition) is 3. The molecule has 0 amide bonds. The minimum atomic E-state index is 0.187. The van der Waals surface area contributed by atoms with E-state index in [2.05, 4.69) is 33.9 Å². The number of methoxy groups -OCH3 is 1. The summed E-state index contributed by atoms with van der Waals surface area (Å²) in [6.07, 6.45) is 0.994. The average Bonchev–Trinajstić information content (AvgIpc) is 2.35. The summed E-state index contributed by atoms with van der Waals surface area (Å²) < 4.78 is 5.97. The van der Waals surface area contributed by atoms with E-state index in [9.17, 15) is 0 Å². The van der Waals surface area contributed by atoms with Crippen LogP contribution >= 0.6 is 27.5 Å². The molecule has 5 heteroatoms. The number of ether oxygens (including phenoxy) is 1. The van der Waals surface area contributed by atoms with Crippen molar-refractivity contribution < 1.29 is 4.74 Å². The maximum Gasteiger partial charge on any atom is 0.0551 e. The van der Waals surface area contributed by atoms with Crippen LogP contribution in [0.4, 0.5) is 0 Å². The molecule has 0 aliphatic carbocycles. The van der Waals surface area contributed by atoms with E-state index in [4.69, 9.17) is 22.1 Å². The molecule has 0 aliphatic heterocycles. The van der Waals surface area contributed by atoms with E-state index in [-0.39, 0.29) is 6.04 Å². The van der Waals surface area contributed by atoms with Crippen LogP contribution in [0.25, 0.3) is 0 Å². The van der Waals surface area contributed by atoms with Crippen LogP contribution in [0.1, 0.15) is 18.0 Å². The van der Waals surface area contributed by atoms with Crippen molar-refractivity contribution >= 4 is 27.5 Å². The first-order chi connectivity index (χ1) is 8.60. The topological polar surface area (TPSA) is 38.5 Å². The first-order valence-corrected chi connectivity index (χ1v) is 7.11. The van der Waals surface area contributed by atoms with Gasteiger partial charge in [-0.15, -0.1) is 0 Å². The van der Waals surface area contributed by atoms with Gasteiger partial charge in [0.1, 0.15) is 0 Å². The van der Waals surface area contributed by atoms with Gasteiger partial charge in [-0.25, -0.2) is 0 Å². The maximum absolute atomic E-state index is 6.12. The van der Waals surface area contributed by atoms with Crippen LogP contribution in [0.2, 0.25) is 5.02 Å². The molecule has 2 N–H and O–H groups in total. The highest BCUT2D eigenvalue weighted by Gasteiger charge is 2.15. The van der Waals surface area contributed by atoms with Crippen LogP contribution in [0, 0.1) is 0 Å². The third-order valence-corrected chi connectivity index (χ3v) is 4.18. The molecule has 1 atom stereocenters. The molecular formula is C13H20BrClN2O. The van der Waals surface area contributed by atoms with Gasteiger partial charge >= 0.3 is 0 Å². The first kappa shape index (κ1) is 15.9. The van der Waals surface area contributed by atoms with Crippen LogP contribution in [0.15, 0.2) is 22.7 Å². The quantitative estimate of drug-likeness (QED) is 0.778. The molecule has 1 rings (SSSR count). The second-order valence-corrected chi connectivity index (χ2v) is 5.51. The van der Waals surface area contributed by atoms with Crippen molar-refractivity contribution in [3.63, 3.8) is 0 Å². The van der Waals surface area contributed by atoms with E-state index in [1.807, 2.05) is 12.1 Å². The molecule has 0 heterocycles. The molecule has 3 nitrogen and oxygen atoms in total. The fourth-order valence-corrected chi connectivity index (χ4v) is 2.34. The predicted molar refractivity (Wildman–Crippen MR) is 80.1 cm³/mol. The number of rotatable bonds is 7. The van der Waals surface area contributed by atoms with Gasteiger partial charge in [-0.2, -0.15) is 0 Å². The fourth-order valence-electron chi connectivity index (χ4n) is 1.90. The lowest BCUT2D eigenvalue weighted by Gasteiger charge is -2.27. The standard InChI is InChI=1S/C13H20BrClN2O/c1-17(6-3-7-18-2)13(9-16)10-4-5-11(14)12(15)8-10/h4-5,8,13H,3,6-7,9,16H2,1-2H3.